The molecule has 0 fully saturated rings. The molecule has 5 nitrogen and oxygen atoms in total. The predicted molar refractivity (Wildman–Crippen MR) is 118 cm³/mol. The minimum Gasteiger partial charge on any atom is -0.483 e. The summed E-state index contributed by atoms with van der Waals surface area (Å²) in [6, 6.07) is 14.0. The molecule has 1 N–H and O–H groups in total. The Bertz CT molecular complexity index is 1310. The van der Waals surface area contributed by atoms with Crippen LogP contribution in [0.4, 0.5) is 23.2 Å². The van der Waals surface area contributed by atoms with Crippen LogP contribution in [-0.2, 0) is 13.2 Å². The number of aromatic nitrogens is 2. The fraction of sp³-hybridized carbons (Fsp3) is 0.120. The molecule has 9 heteroatoms. The van der Waals surface area contributed by atoms with Crippen LogP contribution in [0.3, 0.4) is 0 Å². The van der Waals surface area contributed by atoms with Crippen LogP contribution in [0.1, 0.15) is 27.0 Å². The van der Waals surface area contributed by atoms with Gasteiger partial charge in [0.1, 0.15) is 6.61 Å². The van der Waals surface area contributed by atoms with Crippen molar-refractivity contribution in [3.8, 4) is 5.75 Å². The number of halogens is 4. The second-order valence-electron chi connectivity index (χ2n) is 7.59. The number of amides is 1. The highest BCUT2D eigenvalue weighted by Crippen LogP contribution is 2.27. The van der Waals surface area contributed by atoms with Crippen molar-refractivity contribution in [3.05, 3.63) is 113 Å². The molecule has 0 aliphatic heterocycles. The number of nitrogens with zero attached hydrogens (tertiary/aromatic N) is 2. The van der Waals surface area contributed by atoms with Gasteiger partial charge in [-0.15, -0.1) is 0 Å². The Balaban J connectivity index is 1.37. The van der Waals surface area contributed by atoms with Crippen molar-refractivity contribution in [2.45, 2.75) is 20.1 Å². The molecule has 0 saturated carbocycles. The van der Waals surface area contributed by atoms with Gasteiger partial charge in [-0.2, -0.15) is 13.9 Å². The number of carbonyl (C=O) groups excluding carboxylic acids is 1. The number of benzene rings is 3. The molecule has 34 heavy (non-hydrogen) atoms. The highest BCUT2D eigenvalue weighted by Gasteiger charge is 2.20. The highest BCUT2D eigenvalue weighted by atomic mass is 19.2. The summed E-state index contributed by atoms with van der Waals surface area (Å²) in [6.45, 7) is 2.22. The van der Waals surface area contributed by atoms with Crippen LogP contribution in [0.5, 0.6) is 5.75 Å². The third kappa shape index (κ3) is 5.09. The van der Waals surface area contributed by atoms with E-state index in [4.69, 9.17) is 4.74 Å². The molecule has 0 spiro atoms. The van der Waals surface area contributed by atoms with E-state index >= 15 is 0 Å². The molecule has 174 valence electrons. The average molecular weight is 469 g/mol. The van der Waals surface area contributed by atoms with E-state index in [2.05, 4.69) is 10.4 Å². The summed E-state index contributed by atoms with van der Waals surface area (Å²) < 4.78 is 60.6. The zero-order valence-corrected chi connectivity index (χ0v) is 18.0. The van der Waals surface area contributed by atoms with Gasteiger partial charge in [-0.25, -0.2) is 8.78 Å². The molecule has 4 aromatic rings. The Morgan fingerprint density at radius 2 is 1.68 bits per heavy atom. The second kappa shape index (κ2) is 9.78. The van der Waals surface area contributed by atoms with Gasteiger partial charge in [0.2, 0.25) is 11.6 Å². The summed E-state index contributed by atoms with van der Waals surface area (Å²) in [6.07, 6.45) is 3.26. The van der Waals surface area contributed by atoms with E-state index in [0.717, 1.165) is 11.1 Å². The molecular formula is C25H19F4N3O2. The average Bonchev–Trinajstić information content (AvgIpc) is 3.26. The molecule has 1 amide bonds. The normalized spacial score (nSPS) is 10.9. The first kappa shape index (κ1) is 23.0. The summed E-state index contributed by atoms with van der Waals surface area (Å²) >= 11 is 0. The van der Waals surface area contributed by atoms with Crippen LogP contribution >= 0.6 is 0 Å². The Morgan fingerprint density at radius 1 is 1.00 bits per heavy atom. The molecule has 0 radical (unpaired) electrons. The fourth-order valence-corrected chi connectivity index (χ4v) is 3.27. The van der Waals surface area contributed by atoms with Gasteiger partial charge in [0, 0.05) is 17.8 Å². The lowest BCUT2D eigenvalue weighted by Crippen LogP contribution is -2.11. The zero-order valence-electron chi connectivity index (χ0n) is 18.0. The summed E-state index contributed by atoms with van der Waals surface area (Å²) in [5.41, 5.74) is 3.53. The van der Waals surface area contributed by atoms with Crippen molar-refractivity contribution in [2.24, 2.45) is 0 Å². The van der Waals surface area contributed by atoms with E-state index in [9.17, 15) is 22.4 Å². The molecule has 1 heterocycles. The van der Waals surface area contributed by atoms with E-state index < -0.39 is 29.0 Å². The molecule has 0 atom stereocenters. The maximum Gasteiger partial charge on any atom is 0.255 e. The minimum atomic E-state index is -1.61. The maximum absolute atomic E-state index is 13.7. The van der Waals surface area contributed by atoms with Gasteiger partial charge < -0.3 is 10.1 Å². The summed E-state index contributed by atoms with van der Waals surface area (Å²) in [7, 11) is 0. The van der Waals surface area contributed by atoms with Crippen LogP contribution in [-0.4, -0.2) is 15.7 Å². The van der Waals surface area contributed by atoms with Crippen molar-refractivity contribution in [2.75, 3.05) is 5.32 Å². The SMILES string of the molecule is Cc1ccccc1Cn1cc(NC(=O)c2ccc(COc3c(F)c(F)cc(F)c3F)cc2)cn1. The highest BCUT2D eigenvalue weighted by molar-refractivity contribution is 6.04. The molecular weight excluding hydrogens is 450 g/mol. The lowest BCUT2D eigenvalue weighted by Gasteiger charge is -2.10. The van der Waals surface area contributed by atoms with Crippen LogP contribution in [0.2, 0.25) is 0 Å². The van der Waals surface area contributed by atoms with Crippen molar-refractivity contribution in [3.63, 3.8) is 0 Å². The van der Waals surface area contributed by atoms with Crippen LogP contribution < -0.4 is 10.1 Å². The van der Waals surface area contributed by atoms with Crippen molar-refractivity contribution in [1.29, 1.82) is 0 Å². The standard InChI is InChI=1S/C25H19F4N3O2/c1-15-4-2-3-5-18(15)12-32-13-19(11-30-32)31-25(33)17-8-6-16(7-9-17)14-34-24-22(28)20(26)10-21(27)23(24)29/h2-11,13H,12,14H2,1H3,(H,31,33). The number of aryl methyl sites for hydroxylation is 1. The number of hydrogen-bond donors (Lipinski definition) is 1. The molecule has 0 unspecified atom stereocenters. The van der Waals surface area contributed by atoms with Gasteiger partial charge in [0.15, 0.2) is 17.4 Å². The van der Waals surface area contributed by atoms with E-state index in [0.29, 0.717) is 23.4 Å². The summed E-state index contributed by atoms with van der Waals surface area (Å²) in [5, 5.41) is 7.01. The molecule has 0 aliphatic rings. The monoisotopic (exact) mass is 469 g/mol. The Morgan fingerprint density at radius 3 is 2.35 bits per heavy atom. The molecule has 0 bridgehead atoms. The molecule has 3 aromatic carbocycles. The summed E-state index contributed by atoms with van der Waals surface area (Å²) in [4.78, 5) is 12.5. The zero-order chi connectivity index (χ0) is 24.2. The molecule has 4 rings (SSSR count). The predicted octanol–water partition coefficient (Wildman–Crippen LogP) is 5.63. The quantitative estimate of drug-likeness (QED) is 0.282. The number of rotatable bonds is 7. The number of anilines is 1. The molecule has 0 saturated heterocycles. The van der Waals surface area contributed by atoms with E-state index in [-0.39, 0.29) is 18.6 Å². The van der Waals surface area contributed by atoms with Gasteiger partial charge in [-0.1, -0.05) is 36.4 Å². The first-order chi connectivity index (χ1) is 16.3. The van der Waals surface area contributed by atoms with E-state index in [1.165, 1.54) is 24.3 Å². The van der Waals surface area contributed by atoms with Crippen molar-refractivity contribution >= 4 is 11.6 Å². The molecule has 1 aromatic heterocycles. The van der Waals surface area contributed by atoms with Crippen LogP contribution in [0.25, 0.3) is 0 Å². The first-order valence-corrected chi connectivity index (χ1v) is 10.2. The number of nitrogens with one attached hydrogen (secondary N) is 1. The topological polar surface area (TPSA) is 56.2 Å². The van der Waals surface area contributed by atoms with E-state index in [1.54, 1.807) is 17.1 Å². The lowest BCUT2D eigenvalue weighted by molar-refractivity contribution is 0.102. The second-order valence-corrected chi connectivity index (χ2v) is 7.59. The van der Waals surface area contributed by atoms with Gasteiger partial charge in [0.25, 0.3) is 5.91 Å². The van der Waals surface area contributed by atoms with Gasteiger partial charge in [0.05, 0.1) is 18.4 Å². The Hall–Kier alpha value is -4.14. The maximum atomic E-state index is 13.7. The van der Waals surface area contributed by atoms with Crippen LogP contribution in [0.15, 0.2) is 67.0 Å². The largest absolute Gasteiger partial charge is 0.483 e. The number of hydrogen-bond acceptors (Lipinski definition) is 3. The van der Waals surface area contributed by atoms with Crippen molar-refractivity contribution in [1.82, 2.24) is 9.78 Å². The fourth-order valence-electron chi connectivity index (χ4n) is 3.27. The third-order valence-corrected chi connectivity index (χ3v) is 5.16. The minimum absolute atomic E-state index is 0.108. The lowest BCUT2D eigenvalue weighted by atomic mass is 10.1. The number of ether oxygens (including phenoxy) is 1. The van der Waals surface area contributed by atoms with Gasteiger partial charge in [-0.3, -0.25) is 9.48 Å². The smallest absolute Gasteiger partial charge is 0.255 e. The molecule has 0 aliphatic carbocycles. The van der Waals surface area contributed by atoms with Gasteiger partial charge >= 0.3 is 0 Å². The van der Waals surface area contributed by atoms with Crippen molar-refractivity contribution < 1.29 is 27.1 Å². The Labute approximate surface area is 192 Å². The number of carbonyl (C=O) groups is 1. The third-order valence-electron chi connectivity index (χ3n) is 5.16. The van der Waals surface area contributed by atoms with Crippen LogP contribution in [0, 0.1) is 30.2 Å². The van der Waals surface area contributed by atoms with Gasteiger partial charge in [-0.05, 0) is 35.7 Å². The summed E-state index contributed by atoms with van der Waals surface area (Å²) in [5.74, 6) is -7.85. The Kier molecular flexibility index (Phi) is 6.62. The first-order valence-electron chi connectivity index (χ1n) is 10.2. The van der Waals surface area contributed by atoms with E-state index in [1.807, 2.05) is 31.2 Å².